The highest BCUT2D eigenvalue weighted by molar-refractivity contribution is 7.09. The van der Waals surface area contributed by atoms with E-state index < -0.39 is 24.3 Å². The van der Waals surface area contributed by atoms with Gasteiger partial charge >= 0.3 is 24.3 Å². The van der Waals surface area contributed by atoms with Crippen molar-refractivity contribution in [3.05, 3.63) is 46.2 Å². The van der Waals surface area contributed by atoms with Gasteiger partial charge in [0.1, 0.15) is 0 Å². The third-order valence-electron chi connectivity index (χ3n) is 5.25. The largest absolute Gasteiger partial charge is 0.490 e. The second-order valence-electron chi connectivity index (χ2n) is 8.42. The summed E-state index contributed by atoms with van der Waals surface area (Å²) in [6, 6.07) is 4.16. The fourth-order valence-corrected chi connectivity index (χ4v) is 4.25. The second kappa shape index (κ2) is 13.3. The molecule has 4 heterocycles. The van der Waals surface area contributed by atoms with Crippen molar-refractivity contribution < 1.29 is 55.6 Å². The zero-order valence-corrected chi connectivity index (χ0v) is 20.8. The van der Waals surface area contributed by atoms with Crippen LogP contribution in [0.5, 0.6) is 0 Å². The molecule has 4 rings (SSSR count). The number of aryl methyl sites for hydroxylation is 1. The van der Waals surface area contributed by atoms with Crippen molar-refractivity contribution in [1.82, 2.24) is 14.9 Å². The molecule has 38 heavy (non-hydrogen) atoms. The van der Waals surface area contributed by atoms with Crippen molar-refractivity contribution >= 4 is 23.3 Å². The molecule has 1 spiro atoms. The van der Waals surface area contributed by atoms with E-state index in [1.165, 1.54) is 5.56 Å². The molecule has 2 saturated heterocycles. The minimum atomic E-state index is -5.08. The molecule has 2 fully saturated rings. The van der Waals surface area contributed by atoms with E-state index in [9.17, 15) is 26.3 Å². The number of rotatable bonds is 5. The Hall–Kier alpha value is -2.82. The normalized spacial score (nSPS) is 18.9. The molecule has 0 aromatic carbocycles. The van der Waals surface area contributed by atoms with Crippen molar-refractivity contribution in [2.45, 2.75) is 57.0 Å². The van der Waals surface area contributed by atoms with Gasteiger partial charge in [-0.2, -0.15) is 26.3 Å². The number of aromatic nitrogens is 2. The first kappa shape index (κ1) is 31.4. The quantitative estimate of drug-likeness (QED) is 0.510. The maximum atomic E-state index is 10.6. The summed E-state index contributed by atoms with van der Waals surface area (Å²) in [5.41, 5.74) is 2.35. The molecule has 2 aliphatic rings. The smallest absolute Gasteiger partial charge is 0.475 e. The van der Waals surface area contributed by atoms with Crippen molar-refractivity contribution in [3.8, 4) is 0 Å². The molecule has 2 aromatic rings. The predicted octanol–water partition coefficient (Wildman–Crippen LogP) is 4.06. The van der Waals surface area contributed by atoms with E-state index in [0.717, 1.165) is 49.8 Å². The summed E-state index contributed by atoms with van der Waals surface area (Å²) in [5.74, 6) is -5.51. The summed E-state index contributed by atoms with van der Waals surface area (Å²) in [7, 11) is 0. The van der Waals surface area contributed by atoms with E-state index >= 15 is 0 Å². The Balaban J connectivity index is 0.000000301. The highest BCUT2D eigenvalue weighted by atomic mass is 32.1. The average molecular weight is 574 g/mol. The van der Waals surface area contributed by atoms with Gasteiger partial charge in [0, 0.05) is 50.4 Å². The van der Waals surface area contributed by atoms with Gasteiger partial charge in [0.25, 0.3) is 0 Å². The Bertz CT molecular complexity index is 1020. The van der Waals surface area contributed by atoms with Gasteiger partial charge in [-0.05, 0) is 31.0 Å². The molecule has 0 radical (unpaired) electrons. The van der Waals surface area contributed by atoms with Gasteiger partial charge in [-0.1, -0.05) is 0 Å². The summed E-state index contributed by atoms with van der Waals surface area (Å²) in [6.07, 6.45) is -4.21. The van der Waals surface area contributed by atoms with Crippen LogP contribution in [0.1, 0.15) is 29.1 Å². The average Bonchev–Trinajstić information content (AvgIpc) is 3.22. The monoisotopic (exact) mass is 573 g/mol. The number of ether oxygens (including phenoxy) is 2. The van der Waals surface area contributed by atoms with Crippen LogP contribution in [0.2, 0.25) is 0 Å². The van der Waals surface area contributed by atoms with Crippen molar-refractivity contribution in [2.24, 2.45) is 0 Å². The molecule has 0 saturated carbocycles. The molecule has 0 amide bonds. The minimum Gasteiger partial charge on any atom is -0.475 e. The molecule has 2 aromatic heterocycles. The fourth-order valence-electron chi connectivity index (χ4n) is 3.65. The topological polar surface area (TPSA) is 122 Å². The van der Waals surface area contributed by atoms with Gasteiger partial charge in [0.2, 0.25) is 0 Å². The van der Waals surface area contributed by atoms with Crippen molar-refractivity contribution in [3.63, 3.8) is 0 Å². The fraction of sp³-hybridized carbons (Fsp3) is 0.545. The maximum absolute atomic E-state index is 10.6. The van der Waals surface area contributed by atoms with Gasteiger partial charge in [-0.25, -0.2) is 14.6 Å². The van der Waals surface area contributed by atoms with E-state index in [1.807, 2.05) is 19.3 Å². The summed E-state index contributed by atoms with van der Waals surface area (Å²) < 4.78 is 75.7. The zero-order chi connectivity index (χ0) is 28.6. The SMILES string of the molecule is Cc1nc(COC2CCOC3(C2)CN(Cc2ccncc2)C3)cs1.O=C(O)C(F)(F)F.O=C(O)C(F)(F)F. The lowest BCUT2D eigenvalue weighted by molar-refractivity contribution is -0.200. The minimum absolute atomic E-state index is 0.00601. The summed E-state index contributed by atoms with van der Waals surface area (Å²) in [4.78, 5) is 28.8. The molecule has 2 aliphatic heterocycles. The summed E-state index contributed by atoms with van der Waals surface area (Å²) in [5, 5.41) is 17.4. The highest BCUT2D eigenvalue weighted by Gasteiger charge is 2.47. The van der Waals surface area contributed by atoms with E-state index in [4.69, 9.17) is 29.3 Å². The molecule has 2 N–H and O–H groups in total. The molecule has 0 aliphatic carbocycles. The Morgan fingerprint density at radius 3 is 2.16 bits per heavy atom. The molecule has 16 heteroatoms. The number of thiazole rings is 1. The van der Waals surface area contributed by atoms with Gasteiger partial charge in [-0.3, -0.25) is 9.88 Å². The van der Waals surface area contributed by atoms with Gasteiger partial charge in [0.15, 0.2) is 0 Å². The van der Waals surface area contributed by atoms with Crippen LogP contribution in [-0.2, 0) is 32.2 Å². The van der Waals surface area contributed by atoms with Crippen LogP contribution in [0.3, 0.4) is 0 Å². The lowest BCUT2D eigenvalue weighted by atomic mass is 9.84. The van der Waals surface area contributed by atoms with Crippen LogP contribution >= 0.6 is 11.3 Å². The lowest BCUT2D eigenvalue weighted by Crippen LogP contribution is -2.65. The number of likely N-dealkylation sites (tertiary alicyclic amines) is 1. The molecule has 1 unspecified atom stereocenters. The Morgan fingerprint density at radius 1 is 1.13 bits per heavy atom. The predicted molar refractivity (Wildman–Crippen MR) is 120 cm³/mol. The summed E-state index contributed by atoms with van der Waals surface area (Å²) in [6.45, 7) is 6.40. The first-order chi connectivity index (χ1) is 17.6. The van der Waals surface area contributed by atoms with Crippen molar-refractivity contribution in [2.75, 3.05) is 19.7 Å². The van der Waals surface area contributed by atoms with Gasteiger partial charge in [-0.15, -0.1) is 11.3 Å². The second-order valence-corrected chi connectivity index (χ2v) is 9.48. The molecule has 212 valence electrons. The Labute approximate surface area is 217 Å². The van der Waals surface area contributed by atoms with E-state index in [2.05, 4.69) is 32.4 Å². The third-order valence-corrected chi connectivity index (χ3v) is 6.07. The first-order valence-corrected chi connectivity index (χ1v) is 11.9. The summed E-state index contributed by atoms with van der Waals surface area (Å²) >= 11 is 1.68. The number of pyridine rings is 1. The van der Waals surface area contributed by atoms with E-state index in [-0.39, 0.29) is 11.7 Å². The van der Waals surface area contributed by atoms with Crippen LogP contribution in [0.4, 0.5) is 26.3 Å². The highest BCUT2D eigenvalue weighted by Crippen LogP contribution is 2.36. The molecular weight excluding hydrogens is 548 g/mol. The third kappa shape index (κ3) is 10.5. The first-order valence-electron chi connectivity index (χ1n) is 11.0. The Morgan fingerprint density at radius 2 is 1.68 bits per heavy atom. The number of hydrogen-bond donors (Lipinski definition) is 2. The number of halogens is 6. The van der Waals surface area contributed by atoms with Gasteiger partial charge < -0.3 is 19.7 Å². The number of nitrogens with zero attached hydrogens (tertiary/aromatic N) is 3. The number of carbonyl (C=O) groups is 2. The molecular formula is C22H25F6N3O6S. The number of alkyl halides is 6. The number of carboxylic acid groups (broad SMARTS) is 2. The van der Waals surface area contributed by atoms with E-state index in [0.29, 0.717) is 6.61 Å². The van der Waals surface area contributed by atoms with Crippen LogP contribution in [-0.4, -0.2) is 80.8 Å². The van der Waals surface area contributed by atoms with E-state index in [1.54, 1.807) is 11.3 Å². The molecule has 0 bridgehead atoms. The van der Waals surface area contributed by atoms with Crippen molar-refractivity contribution in [1.29, 1.82) is 0 Å². The van der Waals surface area contributed by atoms with Crippen LogP contribution < -0.4 is 0 Å². The standard InChI is InChI=1S/C18H23N3O2S.2C2HF3O2/c1-14-20-16(11-24-14)10-22-17-4-7-23-18(8-17)12-21(13-18)9-15-2-5-19-6-3-15;2*3-2(4,5)1(6)7/h2-3,5-6,11,17H,4,7-10,12-13H2,1H3;2*(H,6,7). The maximum Gasteiger partial charge on any atom is 0.490 e. The van der Waals surface area contributed by atoms with Crippen LogP contribution in [0.15, 0.2) is 29.9 Å². The molecule has 1 atom stereocenters. The van der Waals surface area contributed by atoms with Crippen LogP contribution in [0.25, 0.3) is 0 Å². The van der Waals surface area contributed by atoms with Crippen LogP contribution in [0, 0.1) is 6.92 Å². The number of hydrogen-bond acceptors (Lipinski definition) is 8. The number of aliphatic carboxylic acids is 2. The van der Waals surface area contributed by atoms with Gasteiger partial charge in [0.05, 0.1) is 29.0 Å². The molecule has 9 nitrogen and oxygen atoms in total. The number of carboxylic acids is 2. The Kier molecular flexibility index (Phi) is 11.0. The lowest BCUT2D eigenvalue weighted by Gasteiger charge is -2.53. The zero-order valence-electron chi connectivity index (χ0n) is 20.0.